The molecule has 2 amide bonds. The first-order valence-electron chi connectivity index (χ1n) is 7.49. The van der Waals surface area contributed by atoms with Gasteiger partial charge in [0.2, 0.25) is 0 Å². The van der Waals surface area contributed by atoms with Crippen LogP contribution in [0.5, 0.6) is 0 Å². The van der Waals surface area contributed by atoms with Crippen LogP contribution in [-0.4, -0.2) is 18.4 Å². The van der Waals surface area contributed by atoms with Gasteiger partial charge in [0.15, 0.2) is 5.76 Å². The van der Waals surface area contributed by atoms with E-state index in [1.165, 1.54) is 12.3 Å². The van der Waals surface area contributed by atoms with Gasteiger partial charge in [0.1, 0.15) is 0 Å². The van der Waals surface area contributed by atoms with Gasteiger partial charge in [-0.1, -0.05) is 44.2 Å². The van der Waals surface area contributed by atoms with Crippen LogP contribution in [0, 0.1) is 5.92 Å². The van der Waals surface area contributed by atoms with E-state index in [2.05, 4.69) is 30.0 Å². The zero-order valence-corrected chi connectivity index (χ0v) is 13.2. The molecule has 0 aliphatic heterocycles. The first-order valence-corrected chi connectivity index (χ1v) is 7.49. The second kappa shape index (κ2) is 8.14. The summed E-state index contributed by atoms with van der Waals surface area (Å²) in [6.45, 7) is 4.26. The van der Waals surface area contributed by atoms with E-state index in [1.54, 1.807) is 6.07 Å². The molecule has 122 valence electrons. The van der Waals surface area contributed by atoms with Crippen LogP contribution in [0.1, 0.15) is 36.0 Å². The van der Waals surface area contributed by atoms with E-state index in [0.29, 0.717) is 5.92 Å². The Labute approximate surface area is 135 Å². The van der Waals surface area contributed by atoms with Crippen LogP contribution in [0.4, 0.5) is 0 Å². The largest absolute Gasteiger partial charge is 0.459 e. The summed E-state index contributed by atoms with van der Waals surface area (Å²) in [7, 11) is 0. The maximum absolute atomic E-state index is 11.9. The Kier molecular flexibility index (Phi) is 5.94. The van der Waals surface area contributed by atoms with E-state index in [1.807, 2.05) is 30.3 Å². The zero-order chi connectivity index (χ0) is 16.7. The summed E-state index contributed by atoms with van der Waals surface area (Å²) in [5, 5.41) is 3.21. The third-order valence-corrected chi connectivity index (χ3v) is 3.37. The van der Waals surface area contributed by atoms with Crippen molar-refractivity contribution in [3.63, 3.8) is 0 Å². The van der Waals surface area contributed by atoms with Crippen molar-refractivity contribution in [2.45, 2.75) is 19.9 Å². The molecule has 3 N–H and O–H groups in total. The molecule has 0 aliphatic carbocycles. The van der Waals surface area contributed by atoms with E-state index in [-0.39, 0.29) is 24.3 Å². The maximum atomic E-state index is 11.9. The normalized spacial score (nSPS) is 12.0. The molecule has 6 nitrogen and oxygen atoms in total. The van der Waals surface area contributed by atoms with Gasteiger partial charge < -0.3 is 9.73 Å². The van der Waals surface area contributed by atoms with Gasteiger partial charge in [-0.05, 0) is 23.6 Å². The lowest BCUT2D eigenvalue weighted by Crippen LogP contribution is -2.46. The number of amides is 2. The van der Waals surface area contributed by atoms with Crippen LogP contribution < -0.4 is 16.2 Å². The topological polar surface area (TPSA) is 83.4 Å². The number of hydrogen-bond donors (Lipinski definition) is 3. The molecule has 1 heterocycles. The average Bonchev–Trinajstić information content (AvgIpc) is 3.08. The Morgan fingerprint density at radius 3 is 2.39 bits per heavy atom. The third kappa shape index (κ3) is 4.96. The van der Waals surface area contributed by atoms with Crippen LogP contribution >= 0.6 is 0 Å². The quantitative estimate of drug-likeness (QED) is 0.712. The fourth-order valence-electron chi connectivity index (χ4n) is 2.24. The van der Waals surface area contributed by atoms with E-state index in [4.69, 9.17) is 4.42 Å². The van der Waals surface area contributed by atoms with Crippen LogP contribution in [0.25, 0.3) is 0 Å². The van der Waals surface area contributed by atoms with E-state index < -0.39 is 5.91 Å². The lowest BCUT2D eigenvalue weighted by molar-refractivity contribution is -0.121. The van der Waals surface area contributed by atoms with Gasteiger partial charge in [-0.25, -0.2) is 0 Å². The number of hydrazine groups is 1. The number of rotatable bonds is 6. The molecule has 0 saturated carbocycles. The summed E-state index contributed by atoms with van der Waals surface area (Å²) >= 11 is 0. The maximum Gasteiger partial charge on any atom is 0.305 e. The van der Waals surface area contributed by atoms with Crippen molar-refractivity contribution in [2.75, 3.05) is 6.54 Å². The standard InChI is InChI=1S/C17H21N3O3/c1-12(2)16(13-7-4-3-5-8-13)18-11-15(21)19-20-17(22)14-9-6-10-23-14/h3-10,12,16,18H,11H2,1-2H3,(H,19,21)(H,20,22)/t16-/m1/s1. The van der Waals surface area contributed by atoms with Gasteiger partial charge in [0.25, 0.3) is 5.91 Å². The fraction of sp³-hybridized carbons (Fsp3) is 0.294. The Balaban J connectivity index is 1.81. The highest BCUT2D eigenvalue weighted by molar-refractivity contribution is 5.93. The first kappa shape index (κ1) is 16.8. The van der Waals surface area contributed by atoms with Crippen molar-refractivity contribution in [3.8, 4) is 0 Å². The number of furan rings is 1. The molecule has 1 aromatic carbocycles. The van der Waals surface area contributed by atoms with Crippen LogP contribution in [-0.2, 0) is 4.79 Å². The number of carbonyl (C=O) groups is 2. The van der Waals surface area contributed by atoms with E-state index in [9.17, 15) is 9.59 Å². The Hall–Kier alpha value is -2.60. The molecule has 1 atom stereocenters. The third-order valence-electron chi connectivity index (χ3n) is 3.37. The lowest BCUT2D eigenvalue weighted by atomic mass is 9.96. The number of benzene rings is 1. The number of carbonyl (C=O) groups excluding carboxylic acids is 2. The summed E-state index contributed by atoms with van der Waals surface area (Å²) < 4.78 is 4.94. The zero-order valence-electron chi connectivity index (χ0n) is 13.2. The minimum absolute atomic E-state index is 0.0581. The average molecular weight is 315 g/mol. The molecule has 0 fully saturated rings. The SMILES string of the molecule is CC(C)[C@@H](NCC(=O)NNC(=O)c1ccco1)c1ccccc1. The molecular weight excluding hydrogens is 294 g/mol. The van der Waals surface area contributed by atoms with Gasteiger partial charge in [-0.3, -0.25) is 20.4 Å². The summed E-state index contributed by atoms with van der Waals surface area (Å²) in [5.41, 5.74) is 5.78. The predicted octanol–water partition coefficient (Wildman–Crippen LogP) is 2.03. The second-order valence-corrected chi connectivity index (χ2v) is 5.49. The monoisotopic (exact) mass is 315 g/mol. The van der Waals surface area contributed by atoms with Crippen molar-refractivity contribution < 1.29 is 14.0 Å². The molecule has 1 aromatic heterocycles. The van der Waals surface area contributed by atoms with Crippen LogP contribution in [0.2, 0.25) is 0 Å². The van der Waals surface area contributed by atoms with Crippen molar-refractivity contribution in [3.05, 3.63) is 60.1 Å². The molecule has 0 spiro atoms. The van der Waals surface area contributed by atoms with E-state index in [0.717, 1.165) is 5.56 Å². The van der Waals surface area contributed by atoms with Crippen LogP contribution in [0.15, 0.2) is 53.1 Å². The number of hydrogen-bond acceptors (Lipinski definition) is 4. The van der Waals surface area contributed by atoms with Crippen molar-refractivity contribution >= 4 is 11.8 Å². The van der Waals surface area contributed by atoms with Crippen molar-refractivity contribution in [1.29, 1.82) is 0 Å². The number of nitrogens with one attached hydrogen (secondary N) is 3. The smallest absolute Gasteiger partial charge is 0.305 e. The highest BCUT2D eigenvalue weighted by Crippen LogP contribution is 2.20. The first-order chi connectivity index (χ1) is 11.1. The summed E-state index contributed by atoms with van der Waals surface area (Å²) in [6.07, 6.45) is 1.39. The minimum atomic E-state index is -0.494. The molecule has 2 rings (SSSR count). The molecule has 0 saturated heterocycles. The molecule has 6 heteroatoms. The van der Waals surface area contributed by atoms with Crippen LogP contribution in [0.3, 0.4) is 0 Å². The second-order valence-electron chi connectivity index (χ2n) is 5.49. The lowest BCUT2D eigenvalue weighted by Gasteiger charge is -2.22. The van der Waals surface area contributed by atoms with E-state index >= 15 is 0 Å². The molecule has 0 bridgehead atoms. The van der Waals surface area contributed by atoms with Gasteiger partial charge in [-0.2, -0.15) is 0 Å². The molecule has 23 heavy (non-hydrogen) atoms. The summed E-state index contributed by atoms with van der Waals surface area (Å²) in [6, 6.07) is 13.1. The van der Waals surface area contributed by atoms with Gasteiger partial charge in [-0.15, -0.1) is 0 Å². The molecule has 2 aromatic rings. The fourth-order valence-corrected chi connectivity index (χ4v) is 2.24. The summed E-state index contributed by atoms with van der Waals surface area (Å²) in [4.78, 5) is 23.5. The Bertz CT molecular complexity index is 624. The molecule has 0 radical (unpaired) electrons. The van der Waals surface area contributed by atoms with Gasteiger partial charge in [0, 0.05) is 6.04 Å². The molecule has 0 unspecified atom stereocenters. The predicted molar refractivity (Wildman–Crippen MR) is 86.3 cm³/mol. The Morgan fingerprint density at radius 1 is 1.04 bits per heavy atom. The Morgan fingerprint density at radius 2 is 1.78 bits per heavy atom. The van der Waals surface area contributed by atoms with Crippen molar-refractivity contribution in [1.82, 2.24) is 16.2 Å². The van der Waals surface area contributed by atoms with Crippen molar-refractivity contribution in [2.24, 2.45) is 5.92 Å². The molecular formula is C17H21N3O3. The summed E-state index contributed by atoms with van der Waals surface area (Å²) in [5.74, 6) is -0.358. The van der Waals surface area contributed by atoms with Gasteiger partial charge in [0.05, 0.1) is 12.8 Å². The highest BCUT2D eigenvalue weighted by Gasteiger charge is 2.16. The highest BCUT2D eigenvalue weighted by atomic mass is 16.3. The molecule has 0 aliphatic rings. The van der Waals surface area contributed by atoms with Gasteiger partial charge >= 0.3 is 5.91 Å². The minimum Gasteiger partial charge on any atom is -0.459 e.